The molecule has 1 saturated carbocycles. The van der Waals surface area contributed by atoms with E-state index in [4.69, 9.17) is 9.47 Å². The third kappa shape index (κ3) is 8.36. The van der Waals surface area contributed by atoms with E-state index in [1.807, 2.05) is 12.2 Å². The first kappa shape index (κ1) is 36.6. The quantitative estimate of drug-likeness (QED) is 0.405. The smallest absolute Gasteiger partial charge is 0.410 e. The van der Waals surface area contributed by atoms with Crippen LogP contribution in [0.15, 0.2) is 30.4 Å². The molecule has 1 aliphatic carbocycles. The summed E-state index contributed by atoms with van der Waals surface area (Å²) in [7, 11) is 2.98. The fraction of sp³-hybridized carbons (Fsp3) is 0.600. The predicted molar refractivity (Wildman–Crippen MR) is 178 cm³/mol. The van der Waals surface area contributed by atoms with Crippen LogP contribution in [0.3, 0.4) is 0 Å². The van der Waals surface area contributed by atoms with Crippen LogP contribution in [0.1, 0.15) is 76.8 Å². The van der Waals surface area contributed by atoms with Crippen LogP contribution in [-0.4, -0.2) is 101 Å². The second kappa shape index (κ2) is 14.7. The van der Waals surface area contributed by atoms with Gasteiger partial charge in [0.15, 0.2) is 0 Å². The largest absolute Gasteiger partial charge is 0.444 e. The van der Waals surface area contributed by atoms with Crippen LogP contribution >= 0.6 is 0 Å². The molecule has 2 fully saturated rings. The number of urea groups is 1. The summed E-state index contributed by atoms with van der Waals surface area (Å²) in [5.41, 5.74) is -1.19. The Labute approximate surface area is 291 Å². The van der Waals surface area contributed by atoms with Gasteiger partial charge in [-0.3, -0.25) is 24.6 Å². The Hall–Kier alpha value is -4.69. The van der Waals surface area contributed by atoms with Gasteiger partial charge in [-0.1, -0.05) is 37.1 Å². The molecule has 14 nitrogen and oxygen atoms in total. The number of benzene rings is 1. The van der Waals surface area contributed by atoms with Crippen LogP contribution in [-0.2, 0) is 36.9 Å². The van der Waals surface area contributed by atoms with E-state index in [0.29, 0.717) is 24.0 Å². The lowest BCUT2D eigenvalue weighted by Crippen LogP contribution is -2.58. The van der Waals surface area contributed by atoms with Gasteiger partial charge >= 0.3 is 18.2 Å². The highest BCUT2D eigenvalue weighted by atomic mass is 19.1. The number of amides is 7. The number of ether oxygens (including phenoxy) is 2. The fourth-order valence-corrected chi connectivity index (χ4v) is 6.66. The first-order chi connectivity index (χ1) is 23.6. The average molecular weight is 699 g/mol. The Balaban J connectivity index is 1.40. The Kier molecular flexibility index (Phi) is 10.7. The van der Waals surface area contributed by atoms with Gasteiger partial charge in [0.2, 0.25) is 11.8 Å². The van der Waals surface area contributed by atoms with E-state index in [0.717, 1.165) is 12.8 Å². The van der Waals surface area contributed by atoms with Crippen molar-refractivity contribution in [3.8, 4) is 0 Å². The van der Waals surface area contributed by atoms with Crippen LogP contribution < -0.4 is 16.0 Å². The van der Waals surface area contributed by atoms with Gasteiger partial charge in [-0.2, -0.15) is 0 Å². The van der Waals surface area contributed by atoms with E-state index in [1.54, 1.807) is 32.9 Å². The molecule has 0 unspecified atom stereocenters. The summed E-state index contributed by atoms with van der Waals surface area (Å²) in [4.78, 5) is 84.3. The van der Waals surface area contributed by atoms with Crippen molar-refractivity contribution in [1.82, 2.24) is 30.7 Å². The topological polar surface area (TPSA) is 167 Å². The molecular formula is C35H47FN6O8. The summed E-state index contributed by atoms with van der Waals surface area (Å²) in [5.74, 6) is -2.71. The monoisotopic (exact) mass is 698 g/mol. The number of carbonyl (C=O) groups is 6. The van der Waals surface area contributed by atoms with Crippen molar-refractivity contribution in [2.45, 2.75) is 108 Å². The van der Waals surface area contributed by atoms with Crippen molar-refractivity contribution in [1.29, 1.82) is 0 Å². The van der Waals surface area contributed by atoms with Gasteiger partial charge in [-0.15, -0.1) is 0 Å². The van der Waals surface area contributed by atoms with E-state index < -0.39 is 71.1 Å². The molecule has 50 heavy (non-hydrogen) atoms. The number of carbonyl (C=O) groups excluding carboxylic acids is 6. The maximum atomic E-state index is 14.4. The second-order valence-electron chi connectivity index (χ2n) is 14.7. The molecule has 5 atom stereocenters. The lowest BCUT2D eigenvalue weighted by molar-refractivity contribution is -0.141. The van der Waals surface area contributed by atoms with E-state index in [-0.39, 0.29) is 44.8 Å². The molecule has 15 heteroatoms. The molecule has 3 heterocycles. The maximum Gasteiger partial charge on any atom is 0.410 e. The summed E-state index contributed by atoms with van der Waals surface area (Å²) in [6, 6.07) is 1.76. The number of imide groups is 1. The normalized spacial score (nSPS) is 27.3. The van der Waals surface area contributed by atoms with Crippen molar-refractivity contribution < 1.29 is 42.6 Å². The van der Waals surface area contributed by atoms with Gasteiger partial charge < -0.3 is 29.9 Å². The van der Waals surface area contributed by atoms with Gasteiger partial charge in [0.05, 0.1) is 13.1 Å². The van der Waals surface area contributed by atoms with Crippen molar-refractivity contribution in [2.24, 2.45) is 5.92 Å². The molecule has 5 rings (SSSR count). The average Bonchev–Trinajstić information content (AvgIpc) is 3.33. The molecule has 1 saturated heterocycles. The Morgan fingerprint density at radius 2 is 1.84 bits per heavy atom. The zero-order valence-corrected chi connectivity index (χ0v) is 29.3. The fourth-order valence-electron chi connectivity index (χ4n) is 6.66. The highest BCUT2D eigenvalue weighted by Gasteiger charge is 2.61. The summed E-state index contributed by atoms with van der Waals surface area (Å²) >= 11 is 0. The molecule has 0 radical (unpaired) electrons. The molecule has 0 bridgehead atoms. The van der Waals surface area contributed by atoms with Gasteiger partial charge in [-0.05, 0) is 58.1 Å². The number of allylic oxidation sites excluding steroid dienone is 1. The number of alkyl carbamates (subject to hydrolysis) is 1. The van der Waals surface area contributed by atoms with Crippen molar-refractivity contribution in [3.05, 3.63) is 47.3 Å². The van der Waals surface area contributed by atoms with Crippen LogP contribution in [0.4, 0.5) is 18.8 Å². The van der Waals surface area contributed by atoms with Gasteiger partial charge in [0.1, 0.15) is 35.1 Å². The molecule has 7 amide bonds. The number of hydrogen-bond donors (Lipinski definition) is 3. The molecule has 0 spiro atoms. The lowest BCUT2D eigenvalue weighted by atomic mass is 10.0. The van der Waals surface area contributed by atoms with E-state index >= 15 is 0 Å². The second-order valence-corrected chi connectivity index (χ2v) is 14.7. The summed E-state index contributed by atoms with van der Waals surface area (Å²) in [6.45, 7) is 5.11. The highest BCUT2D eigenvalue weighted by Crippen LogP contribution is 2.45. The van der Waals surface area contributed by atoms with Gasteiger partial charge in [0.25, 0.3) is 5.91 Å². The zero-order chi connectivity index (χ0) is 36.4. The van der Waals surface area contributed by atoms with Crippen LogP contribution in [0.2, 0.25) is 0 Å². The molecule has 1 aromatic rings. The number of halogens is 1. The minimum atomic E-state index is -1.43. The Bertz CT molecular complexity index is 1560. The maximum absolute atomic E-state index is 14.4. The minimum absolute atomic E-state index is 0.0141. The van der Waals surface area contributed by atoms with Crippen molar-refractivity contribution >= 4 is 35.9 Å². The number of hydrogen-bond acceptors (Lipinski definition) is 8. The summed E-state index contributed by atoms with van der Waals surface area (Å²) < 4.78 is 25.6. The zero-order valence-electron chi connectivity index (χ0n) is 29.3. The Morgan fingerprint density at radius 3 is 2.54 bits per heavy atom. The van der Waals surface area contributed by atoms with Gasteiger partial charge in [0, 0.05) is 38.5 Å². The van der Waals surface area contributed by atoms with Gasteiger partial charge in [-0.25, -0.2) is 18.8 Å². The predicted octanol–water partition coefficient (Wildman–Crippen LogP) is 3.33. The number of fused-ring (bicyclic) bond motifs is 3. The standard InChI is InChI=1S/C35H47FN6O8/c1-34(2,3)50-32(47)37-26-15-10-8-6-7-9-13-22-17-35(22,30(45)38-31(46)40(4)5)39-28(43)27-16-23(19-42(27)29(26)44)49-33(48)41-18-21-12-11-14-25(36)24(21)20-41/h9,11-14,22-23,26-27H,6-8,10,15-20H2,1-5H3,(H,37,47)(H,39,43)(H,38,45,46)/b13-9-/t22-,23+,26-,27-,35+/m0/s1. The molecule has 3 aliphatic heterocycles. The molecule has 272 valence electrons. The van der Waals surface area contributed by atoms with Crippen LogP contribution in [0, 0.1) is 11.7 Å². The summed E-state index contributed by atoms with van der Waals surface area (Å²) in [6.07, 6.45) is 4.63. The van der Waals surface area contributed by atoms with E-state index in [2.05, 4.69) is 16.0 Å². The number of rotatable bonds is 3. The number of nitrogens with zero attached hydrogens (tertiary/aromatic N) is 3. The van der Waals surface area contributed by atoms with Crippen LogP contribution in [0.25, 0.3) is 0 Å². The van der Waals surface area contributed by atoms with E-state index in [1.165, 1.54) is 34.9 Å². The lowest BCUT2D eigenvalue weighted by Gasteiger charge is -2.30. The Morgan fingerprint density at radius 1 is 1.08 bits per heavy atom. The first-order valence-electron chi connectivity index (χ1n) is 17.1. The molecule has 0 aromatic heterocycles. The molecule has 1 aromatic carbocycles. The van der Waals surface area contributed by atoms with Crippen molar-refractivity contribution in [3.63, 3.8) is 0 Å². The third-order valence-corrected chi connectivity index (χ3v) is 9.41. The summed E-state index contributed by atoms with van der Waals surface area (Å²) in [5, 5.41) is 7.86. The SMILES string of the molecule is CN(C)C(=O)NC(=O)[C@@]12C[C@@H]1/C=C\CCCCC[C@H](NC(=O)OC(C)(C)C)C(=O)N1C[C@H](OC(=O)N3Cc4cccc(F)c4C3)C[C@H]1C(=O)N2. The molecular weight excluding hydrogens is 651 g/mol. The number of nitrogens with one attached hydrogen (secondary N) is 3. The minimum Gasteiger partial charge on any atom is -0.444 e. The van der Waals surface area contributed by atoms with E-state index in [9.17, 15) is 33.2 Å². The molecule has 3 N–H and O–H groups in total. The third-order valence-electron chi connectivity index (χ3n) is 9.41. The van der Waals surface area contributed by atoms with Crippen molar-refractivity contribution in [2.75, 3.05) is 20.6 Å². The van der Waals surface area contributed by atoms with Crippen LogP contribution in [0.5, 0.6) is 0 Å². The molecule has 4 aliphatic rings. The highest BCUT2D eigenvalue weighted by molar-refractivity contribution is 6.04. The first-order valence-corrected chi connectivity index (χ1v) is 17.1.